The van der Waals surface area contributed by atoms with Gasteiger partial charge < -0.3 is 9.47 Å². The van der Waals surface area contributed by atoms with E-state index in [0.717, 1.165) is 48.1 Å². The summed E-state index contributed by atoms with van der Waals surface area (Å²) in [5, 5.41) is 0.974. The molecular formula is C16H22N2O2. The van der Waals surface area contributed by atoms with Gasteiger partial charge >= 0.3 is 0 Å². The van der Waals surface area contributed by atoms with Crippen molar-refractivity contribution in [2.45, 2.75) is 39.5 Å². The first-order chi connectivity index (χ1) is 9.85. The number of hydrogen-bond acceptors (Lipinski definition) is 4. The molecule has 2 aromatic rings. The van der Waals surface area contributed by atoms with Crippen molar-refractivity contribution in [1.82, 2.24) is 9.97 Å². The summed E-state index contributed by atoms with van der Waals surface area (Å²) >= 11 is 0. The molecule has 1 heterocycles. The van der Waals surface area contributed by atoms with Crippen LogP contribution in [-0.4, -0.2) is 23.2 Å². The number of aromatic nitrogens is 2. The molecule has 1 aromatic heterocycles. The van der Waals surface area contributed by atoms with Crippen molar-refractivity contribution in [3.8, 4) is 11.5 Å². The summed E-state index contributed by atoms with van der Waals surface area (Å²) in [7, 11) is 0. The van der Waals surface area contributed by atoms with E-state index in [1.807, 2.05) is 12.1 Å². The SMILES string of the molecule is CCCCOc1cc2cncnc2cc1OCCCC. The van der Waals surface area contributed by atoms with E-state index in [1.165, 1.54) is 0 Å². The van der Waals surface area contributed by atoms with E-state index in [1.54, 1.807) is 12.5 Å². The molecule has 0 unspecified atom stereocenters. The van der Waals surface area contributed by atoms with Gasteiger partial charge in [-0.25, -0.2) is 9.97 Å². The summed E-state index contributed by atoms with van der Waals surface area (Å²) in [5.74, 6) is 1.57. The number of benzene rings is 1. The van der Waals surface area contributed by atoms with Crippen molar-refractivity contribution < 1.29 is 9.47 Å². The molecule has 0 radical (unpaired) electrons. The van der Waals surface area contributed by atoms with Gasteiger partial charge in [-0.15, -0.1) is 0 Å². The minimum absolute atomic E-state index is 0.706. The molecule has 108 valence electrons. The maximum absolute atomic E-state index is 5.84. The number of hydrogen-bond donors (Lipinski definition) is 0. The first-order valence-electron chi connectivity index (χ1n) is 7.34. The minimum atomic E-state index is 0.706. The van der Waals surface area contributed by atoms with Crippen molar-refractivity contribution in [1.29, 1.82) is 0 Å². The Labute approximate surface area is 120 Å². The fraction of sp³-hybridized carbons (Fsp3) is 0.500. The standard InChI is InChI=1S/C16H22N2O2/c1-3-5-7-19-15-9-13-11-17-12-18-14(13)10-16(15)20-8-6-4-2/h9-12H,3-8H2,1-2H3. The molecule has 1 aromatic carbocycles. The van der Waals surface area contributed by atoms with Crippen LogP contribution in [0.2, 0.25) is 0 Å². The lowest BCUT2D eigenvalue weighted by Crippen LogP contribution is -2.02. The van der Waals surface area contributed by atoms with Gasteiger partial charge in [0.15, 0.2) is 11.5 Å². The highest BCUT2D eigenvalue weighted by atomic mass is 16.5. The summed E-state index contributed by atoms with van der Waals surface area (Å²) in [6, 6.07) is 3.90. The van der Waals surface area contributed by atoms with Crippen LogP contribution < -0.4 is 9.47 Å². The van der Waals surface area contributed by atoms with Crippen molar-refractivity contribution in [2.75, 3.05) is 13.2 Å². The molecule has 0 aliphatic rings. The molecule has 0 saturated heterocycles. The predicted molar refractivity (Wildman–Crippen MR) is 80.3 cm³/mol. The second kappa shape index (κ2) is 7.68. The van der Waals surface area contributed by atoms with Crippen LogP contribution in [0.5, 0.6) is 11.5 Å². The molecule has 0 atom stereocenters. The lowest BCUT2D eigenvalue weighted by atomic mass is 10.2. The monoisotopic (exact) mass is 274 g/mol. The van der Waals surface area contributed by atoms with Crippen molar-refractivity contribution in [3.63, 3.8) is 0 Å². The van der Waals surface area contributed by atoms with Gasteiger partial charge in [0.05, 0.1) is 18.7 Å². The average molecular weight is 274 g/mol. The lowest BCUT2D eigenvalue weighted by Gasteiger charge is -2.13. The normalized spacial score (nSPS) is 10.7. The van der Waals surface area contributed by atoms with Crippen molar-refractivity contribution in [2.24, 2.45) is 0 Å². The first kappa shape index (κ1) is 14.6. The largest absolute Gasteiger partial charge is 0.490 e. The topological polar surface area (TPSA) is 44.2 Å². The van der Waals surface area contributed by atoms with Crippen LogP contribution in [0, 0.1) is 0 Å². The Morgan fingerprint density at radius 3 is 2.25 bits per heavy atom. The number of fused-ring (bicyclic) bond motifs is 1. The molecule has 0 N–H and O–H groups in total. The minimum Gasteiger partial charge on any atom is -0.490 e. The van der Waals surface area contributed by atoms with Crippen LogP contribution in [0.15, 0.2) is 24.7 Å². The van der Waals surface area contributed by atoms with Gasteiger partial charge in [-0.1, -0.05) is 26.7 Å². The van der Waals surface area contributed by atoms with E-state index in [-0.39, 0.29) is 0 Å². The first-order valence-corrected chi connectivity index (χ1v) is 7.34. The molecule has 0 amide bonds. The molecular weight excluding hydrogens is 252 g/mol. The Balaban J connectivity index is 2.21. The maximum atomic E-state index is 5.84. The van der Waals surface area contributed by atoms with E-state index < -0.39 is 0 Å². The van der Waals surface area contributed by atoms with Crippen molar-refractivity contribution >= 4 is 10.9 Å². The highest BCUT2D eigenvalue weighted by Gasteiger charge is 2.08. The third-order valence-electron chi connectivity index (χ3n) is 3.08. The Bertz CT molecular complexity index is 494. The number of rotatable bonds is 8. The Kier molecular flexibility index (Phi) is 5.59. The van der Waals surface area contributed by atoms with Gasteiger partial charge in [0, 0.05) is 17.6 Å². The summed E-state index contributed by atoms with van der Waals surface area (Å²) < 4.78 is 11.7. The third-order valence-corrected chi connectivity index (χ3v) is 3.08. The molecule has 0 bridgehead atoms. The van der Waals surface area contributed by atoms with Crippen molar-refractivity contribution in [3.05, 3.63) is 24.7 Å². The number of nitrogens with zero attached hydrogens (tertiary/aromatic N) is 2. The average Bonchev–Trinajstić information content (AvgIpc) is 2.48. The van der Waals surface area contributed by atoms with E-state index >= 15 is 0 Å². The lowest BCUT2D eigenvalue weighted by molar-refractivity contribution is 0.262. The smallest absolute Gasteiger partial charge is 0.163 e. The Hall–Kier alpha value is -1.84. The van der Waals surface area contributed by atoms with Crippen LogP contribution in [0.25, 0.3) is 10.9 Å². The highest BCUT2D eigenvalue weighted by Crippen LogP contribution is 2.31. The molecule has 0 aliphatic carbocycles. The van der Waals surface area contributed by atoms with Gasteiger partial charge in [-0.2, -0.15) is 0 Å². The van der Waals surface area contributed by atoms with Gasteiger partial charge in [0.2, 0.25) is 0 Å². The fourth-order valence-electron chi connectivity index (χ4n) is 1.87. The fourth-order valence-corrected chi connectivity index (χ4v) is 1.87. The summed E-state index contributed by atoms with van der Waals surface area (Å²) in [4.78, 5) is 8.31. The summed E-state index contributed by atoms with van der Waals surface area (Å²) in [5.41, 5.74) is 0.884. The Morgan fingerprint density at radius 1 is 0.950 bits per heavy atom. The number of unbranched alkanes of at least 4 members (excludes halogenated alkanes) is 2. The molecule has 0 aliphatic heterocycles. The highest BCUT2D eigenvalue weighted by molar-refractivity contribution is 5.81. The molecule has 0 fully saturated rings. The van der Waals surface area contributed by atoms with Crippen LogP contribution in [0.1, 0.15) is 39.5 Å². The Morgan fingerprint density at radius 2 is 1.60 bits per heavy atom. The maximum Gasteiger partial charge on any atom is 0.163 e. The molecule has 20 heavy (non-hydrogen) atoms. The second-order valence-corrected chi connectivity index (χ2v) is 4.78. The number of ether oxygens (including phenoxy) is 2. The third kappa shape index (κ3) is 3.83. The molecule has 0 spiro atoms. The molecule has 4 heteroatoms. The van der Waals surface area contributed by atoms with E-state index in [4.69, 9.17) is 9.47 Å². The molecule has 0 saturated carbocycles. The van der Waals surface area contributed by atoms with E-state index in [0.29, 0.717) is 13.2 Å². The van der Waals surface area contributed by atoms with Crippen LogP contribution in [0.4, 0.5) is 0 Å². The van der Waals surface area contributed by atoms with Gasteiger partial charge in [0.1, 0.15) is 6.33 Å². The second-order valence-electron chi connectivity index (χ2n) is 4.78. The molecule has 4 nitrogen and oxygen atoms in total. The summed E-state index contributed by atoms with van der Waals surface area (Å²) in [6.45, 7) is 5.71. The summed E-state index contributed by atoms with van der Waals surface area (Å²) in [6.07, 6.45) is 7.65. The zero-order valence-electron chi connectivity index (χ0n) is 12.3. The van der Waals surface area contributed by atoms with E-state index in [9.17, 15) is 0 Å². The van der Waals surface area contributed by atoms with Gasteiger partial charge in [-0.3, -0.25) is 0 Å². The van der Waals surface area contributed by atoms with E-state index in [2.05, 4.69) is 23.8 Å². The molecule has 2 rings (SSSR count). The van der Waals surface area contributed by atoms with Gasteiger partial charge in [-0.05, 0) is 18.9 Å². The zero-order valence-corrected chi connectivity index (χ0v) is 12.3. The van der Waals surface area contributed by atoms with Crippen LogP contribution >= 0.6 is 0 Å². The van der Waals surface area contributed by atoms with Gasteiger partial charge in [0.25, 0.3) is 0 Å². The predicted octanol–water partition coefficient (Wildman–Crippen LogP) is 3.99. The van der Waals surface area contributed by atoms with Crippen LogP contribution in [-0.2, 0) is 0 Å². The quantitative estimate of drug-likeness (QED) is 0.683. The van der Waals surface area contributed by atoms with Crippen LogP contribution in [0.3, 0.4) is 0 Å². The zero-order chi connectivity index (χ0) is 14.2.